The van der Waals surface area contributed by atoms with Gasteiger partial charge in [-0.2, -0.15) is 0 Å². The fraction of sp³-hybridized carbons (Fsp3) is 0.250. The highest BCUT2D eigenvalue weighted by Gasteiger charge is 2.33. The zero-order valence-corrected chi connectivity index (χ0v) is 11.6. The number of carboxylic acid groups (broad SMARTS) is 1. The van der Waals surface area contributed by atoms with Crippen LogP contribution in [-0.2, 0) is 5.33 Å². The van der Waals surface area contributed by atoms with Gasteiger partial charge in [0, 0.05) is 17.0 Å². The van der Waals surface area contributed by atoms with Crippen molar-refractivity contribution in [3.05, 3.63) is 21.0 Å². The maximum atomic E-state index is 12.1. The lowest BCUT2D eigenvalue weighted by atomic mass is 10.2. The largest absolute Gasteiger partial charge is 0.573 e. The van der Waals surface area contributed by atoms with Gasteiger partial charge >= 0.3 is 12.3 Å². The fourth-order valence-corrected chi connectivity index (χ4v) is 2.75. The molecule has 0 aliphatic carbocycles. The molecule has 9 heteroatoms. The monoisotopic (exact) mass is 425 g/mol. The lowest BCUT2D eigenvalue weighted by Gasteiger charge is -2.13. The van der Waals surface area contributed by atoms with Gasteiger partial charge in [-0.25, -0.2) is 9.78 Å². The van der Waals surface area contributed by atoms with E-state index in [1.807, 2.05) is 0 Å². The molecule has 17 heavy (non-hydrogen) atoms. The van der Waals surface area contributed by atoms with Gasteiger partial charge in [-0.05, 0) is 22.6 Å². The molecule has 1 heterocycles. The molecular formula is C8H4BrF3INO3. The quantitative estimate of drug-likeness (QED) is 0.459. The number of carbonyl (C=O) groups is 1. The number of aromatic carboxylic acids is 1. The Bertz CT molecular complexity index is 452. The standard InChI is InChI=1S/C8H4BrF3INO3/c9-2-3-5(17-8(10,11)12)1-4(7(15)16)14-6(3)13/h1H,2H2,(H,15,16). The van der Waals surface area contributed by atoms with Crippen LogP contribution >= 0.6 is 38.5 Å². The molecule has 0 aliphatic heterocycles. The highest BCUT2D eigenvalue weighted by Crippen LogP contribution is 2.31. The van der Waals surface area contributed by atoms with Crippen LogP contribution in [0.5, 0.6) is 5.75 Å². The smallest absolute Gasteiger partial charge is 0.477 e. The molecule has 0 amide bonds. The molecule has 0 radical (unpaired) electrons. The van der Waals surface area contributed by atoms with E-state index < -0.39 is 23.8 Å². The lowest BCUT2D eigenvalue weighted by molar-refractivity contribution is -0.274. The molecule has 0 saturated carbocycles. The Morgan fingerprint density at radius 3 is 2.59 bits per heavy atom. The van der Waals surface area contributed by atoms with Crippen LogP contribution in [0, 0.1) is 3.70 Å². The highest BCUT2D eigenvalue weighted by molar-refractivity contribution is 14.1. The molecule has 0 bridgehead atoms. The van der Waals surface area contributed by atoms with E-state index in [1.165, 1.54) is 0 Å². The molecule has 0 spiro atoms. The number of halogens is 5. The van der Waals surface area contributed by atoms with Gasteiger partial charge in [0.2, 0.25) is 0 Å². The molecule has 1 N–H and O–H groups in total. The van der Waals surface area contributed by atoms with E-state index in [2.05, 4.69) is 25.7 Å². The average molecular weight is 426 g/mol. The van der Waals surface area contributed by atoms with Gasteiger partial charge < -0.3 is 9.84 Å². The molecule has 0 unspecified atom stereocenters. The molecule has 1 aromatic heterocycles. The first-order valence-corrected chi connectivity index (χ1v) is 6.19. The van der Waals surface area contributed by atoms with E-state index in [1.54, 1.807) is 22.6 Å². The van der Waals surface area contributed by atoms with Crippen LogP contribution in [0.25, 0.3) is 0 Å². The van der Waals surface area contributed by atoms with E-state index in [4.69, 9.17) is 5.11 Å². The van der Waals surface area contributed by atoms with Crippen molar-refractivity contribution in [2.75, 3.05) is 0 Å². The number of rotatable bonds is 3. The Hall–Kier alpha value is -0.580. The molecule has 0 fully saturated rings. The van der Waals surface area contributed by atoms with Gasteiger partial charge in [-0.3, -0.25) is 0 Å². The number of pyridine rings is 1. The van der Waals surface area contributed by atoms with Crippen molar-refractivity contribution >= 4 is 44.5 Å². The molecule has 0 aliphatic rings. The minimum absolute atomic E-state index is 0.0730. The van der Waals surface area contributed by atoms with Gasteiger partial charge in [-0.15, -0.1) is 13.2 Å². The Balaban J connectivity index is 3.29. The molecule has 0 atom stereocenters. The summed E-state index contributed by atoms with van der Waals surface area (Å²) in [5, 5.41) is 8.75. The minimum Gasteiger partial charge on any atom is -0.477 e. The fourth-order valence-electron chi connectivity index (χ4n) is 0.965. The van der Waals surface area contributed by atoms with Crippen molar-refractivity contribution in [1.82, 2.24) is 4.98 Å². The van der Waals surface area contributed by atoms with E-state index in [9.17, 15) is 18.0 Å². The predicted octanol–water partition coefficient (Wildman–Crippen LogP) is 3.18. The average Bonchev–Trinajstić information content (AvgIpc) is 2.14. The summed E-state index contributed by atoms with van der Waals surface area (Å²) in [5.41, 5.74) is -0.355. The Morgan fingerprint density at radius 2 is 2.18 bits per heavy atom. The third-order valence-corrected chi connectivity index (χ3v) is 3.06. The van der Waals surface area contributed by atoms with Crippen LogP contribution in [0.2, 0.25) is 0 Å². The van der Waals surface area contributed by atoms with E-state index in [0.29, 0.717) is 0 Å². The van der Waals surface area contributed by atoms with Crippen molar-refractivity contribution < 1.29 is 27.8 Å². The van der Waals surface area contributed by atoms with Gasteiger partial charge in [-0.1, -0.05) is 15.9 Å². The van der Waals surface area contributed by atoms with Crippen LogP contribution in [0.4, 0.5) is 13.2 Å². The van der Waals surface area contributed by atoms with Crippen molar-refractivity contribution in [3.63, 3.8) is 0 Å². The Labute approximate surface area is 115 Å². The first kappa shape index (κ1) is 14.5. The lowest BCUT2D eigenvalue weighted by Crippen LogP contribution is -2.19. The highest BCUT2D eigenvalue weighted by atomic mass is 127. The molecular weight excluding hydrogens is 422 g/mol. The summed E-state index contributed by atoms with van der Waals surface area (Å²) in [6.45, 7) is 0. The first-order valence-electron chi connectivity index (χ1n) is 3.99. The van der Waals surface area contributed by atoms with Crippen molar-refractivity contribution in [2.24, 2.45) is 0 Å². The summed E-state index contributed by atoms with van der Waals surface area (Å²) in [5.74, 6) is -1.98. The summed E-state index contributed by atoms with van der Waals surface area (Å²) in [7, 11) is 0. The maximum absolute atomic E-state index is 12.1. The van der Waals surface area contributed by atoms with Crippen LogP contribution in [0.15, 0.2) is 6.07 Å². The number of nitrogens with zero attached hydrogens (tertiary/aromatic N) is 1. The van der Waals surface area contributed by atoms with E-state index >= 15 is 0 Å². The Morgan fingerprint density at radius 1 is 1.59 bits per heavy atom. The van der Waals surface area contributed by atoms with Gasteiger partial charge in [0.1, 0.15) is 9.45 Å². The number of carboxylic acids is 1. The topological polar surface area (TPSA) is 59.4 Å². The molecule has 94 valence electrons. The number of hydrogen-bond acceptors (Lipinski definition) is 3. The number of aromatic nitrogens is 1. The van der Waals surface area contributed by atoms with Gasteiger partial charge in [0.15, 0.2) is 5.69 Å². The van der Waals surface area contributed by atoms with Crippen molar-refractivity contribution in [3.8, 4) is 5.75 Å². The van der Waals surface area contributed by atoms with Crippen LogP contribution < -0.4 is 4.74 Å². The second-order valence-electron chi connectivity index (χ2n) is 2.76. The molecule has 1 rings (SSSR count). The van der Waals surface area contributed by atoms with Crippen molar-refractivity contribution in [1.29, 1.82) is 0 Å². The predicted molar refractivity (Wildman–Crippen MR) is 63.2 cm³/mol. The van der Waals surface area contributed by atoms with Crippen LogP contribution in [0.1, 0.15) is 16.1 Å². The van der Waals surface area contributed by atoms with Crippen molar-refractivity contribution in [2.45, 2.75) is 11.7 Å². The second-order valence-corrected chi connectivity index (χ2v) is 4.34. The Kier molecular flexibility index (Phi) is 4.58. The summed E-state index contributed by atoms with van der Waals surface area (Å²) in [6, 6.07) is 0.745. The molecule has 0 aromatic carbocycles. The first-order chi connectivity index (χ1) is 7.74. The minimum atomic E-state index is -4.88. The molecule has 1 aromatic rings. The zero-order valence-electron chi connectivity index (χ0n) is 7.89. The maximum Gasteiger partial charge on any atom is 0.573 e. The molecule has 4 nitrogen and oxygen atoms in total. The van der Waals surface area contributed by atoms with Gasteiger partial charge in [0.25, 0.3) is 0 Å². The van der Waals surface area contributed by atoms with Crippen LogP contribution in [0.3, 0.4) is 0 Å². The van der Waals surface area contributed by atoms with E-state index in [-0.39, 0.29) is 14.6 Å². The van der Waals surface area contributed by atoms with Crippen LogP contribution in [-0.4, -0.2) is 22.4 Å². The summed E-state index contributed by atoms with van der Waals surface area (Å²) < 4.78 is 40.2. The number of ether oxygens (including phenoxy) is 1. The third kappa shape index (κ3) is 3.98. The summed E-state index contributed by atoms with van der Waals surface area (Å²) in [6.07, 6.45) is -4.88. The zero-order chi connectivity index (χ0) is 13.2. The third-order valence-electron chi connectivity index (χ3n) is 1.61. The normalized spacial score (nSPS) is 11.4. The van der Waals surface area contributed by atoms with Gasteiger partial charge in [0.05, 0.1) is 0 Å². The summed E-state index contributed by atoms with van der Waals surface area (Å²) in [4.78, 5) is 14.3. The number of alkyl halides is 4. The van der Waals surface area contributed by atoms with E-state index in [0.717, 1.165) is 6.07 Å². The molecule has 0 saturated heterocycles. The number of hydrogen-bond donors (Lipinski definition) is 1. The summed E-state index contributed by atoms with van der Waals surface area (Å²) >= 11 is 4.63. The second kappa shape index (κ2) is 5.38. The SMILES string of the molecule is O=C(O)c1cc(OC(F)(F)F)c(CBr)c(I)n1.